The average Bonchev–Trinajstić information content (AvgIpc) is 2.44. The van der Waals surface area contributed by atoms with E-state index in [1.165, 1.54) is 6.07 Å². The summed E-state index contributed by atoms with van der Waals surface area (Å²) in [6.45, 7) is 0. The number of nitrogens with one attached hydrogen (secondary N) is 2. The summed E-state index contributed by atoms with van der Waals surface area (Å²) in [6.07, 6.45) is 1.13. The normalized spacial score (nSPS) is 10.3. The number of hydrazine groups is 1. The molecule has 0 spiro atoms. The van der Waals surface area contributed by atoms with Gasteiger partial charge in [0.25, 0.3) is 5.91 Å². The molecular formula is C12H8ClF3N4O. The Labute approximate surface area is 121 Å². The van der Waals surface area contributed by atoms with Gasteiger partial charge >= 0.3 is 0 Å². The van der Waals surface area contributed by atoms with E-state index in [4.69, 9.17) is 17.4 Å². The van der Waals surface area contributed by atoms with Crippen molar-refractivity contribution in [2.75, 3.05) is 10.7 Å². The molecule has 1 aromatic heterocycles. The van der Waals surface area contributed by atoms with Gasteiger partial charge in [-0.15, -0.1) is 0 Å². The number of nitrogens with two attached hydrogens (primary N) is 1. The first-order valence-electron chi connectivity index (χ1n) is 5.50. The molecule has 0 aliphatic heterocycles. The maximum absolute atomic E-state index is 13.4. The molecule has 1 amide bonds. The summed E-state index contributed by atoms with van der Waals surface area (Å²) in [5.74, 6) is 0.729. The molecule has 110 valence electrons. The van der Waals surface area contributed by atoms with Crippen LogP contribution in [0, 0.1) is 17.5 Å². The molecule has 0 radical (unpaired) electrons. The minimum Gasteiger partial charge on any atom is -0.319 e. The topological polar surface area (TPSA) is 80.0 Å². The van der Waals surface area contributed by atoms with Crippen molar-refractivity contribution in [3.8, 4) is 0 Å². The number of carbonyl (C=O) groups excluding carboxylic acids is 1. The molecule has 0 atom stereocenters. The Morgan fingerprint density at radius 3 is 2.43 bits per heavy atom. The molecule has 21 heavy (non-hydrogen) atoms. The molecule has 0 fully saturated rings. The fourth-order valence-electron chi connectivity index (χ4n) is 1.48. The summed E-state index contributed by atoms with van der Waals surface area (Å²) in [4.78, 5) is 15.6. The number of halogens is 4. The molecule has 0 unspecified atom stereocenters. The van der Waals surface area contributed by atoms with Gasteiger partial charge in [-0.2, -0.15) is 0 Å². The second kappa shape index (κ2) is 5.98. The number of benzene rings is 1. The maximum atomic E-state index is 13.4. The monoisotopic (exact) mass is 316 g/mol. The predicted octanol–water partition coefficient (Wildman–Crippen LogP) is 2.69. The largest absolute Gasteiger partial charge is 0.319 e. The Hall–Kier alpha value is -2.32. The van der Waals surface area contributed by atoms with Crippen LogP contribution in [0.15, 0.2) is 24.4 Å². The van der Waals surface area contributed by atoms with Crippen LogP contribution < -0.4 is 16.6 Å². The van der Waals surface area contributed by atoms with E-state index in [1.54, 1.807) is 0 Å². The Balaban J connectivity index is 2.26. The van der Waals surface area contributed by atoms with Crippen LogP contribution in [0.5, 0.6) is 0 Å². The first-order chi connectivity index (χ1) is 9.92. The van der Waals surface area contributed by atoms with Gasteiger partial charge in [0.2, 0.25) is 0 Å². The van der Waals surface area contributed by atoms with E-state index in [-0.39, 0.29) is 16.4 Å². The van der Waals surface area contributed by atoms with Crippen molar-refractivity contribution in [3.63, 3.8) is 0 Å². The van der Waals surface area contributed by atoms with E-state index >= 15 is 0 Å². The van der Waals surface area contributed by atoms with Crippen LogP contribution in [0.4, 0.5) is 24.7 Å². The van der Waals surface area contributed by atoms with Gasteiger partial charge in [0.15, 0.2) is 17.5 Å². The lowest BCUT2D eigenvalue weighted by atomic mass is 10.2. The molecule has 9 heteroatoms. The summed E-state index contributed by atoms with van der Waals surface area (Å²) in [5, 5.41) is 2.15. The Bertz CT molecular complexity index is 711. The number of hydrogen-bond donors (Lipinski definition) is 3. The SMILES string of the molecule is NNc1ncc(C(=O)Nc2cc(F)c(F)cc2F)cc1Cl. The Kier molecular flexibility index (Phi) is 4.29. The molecule has 0 aliphatic rings. The molecule has 1 aromatic carbocycles. The summed E-state index contributed by atoms with van der Waals surface area (Å²) in [5.41, 5.74) is 1.69. The lowest BCUT2D eigenvalue weighted by molar-refractivity contribution is 0.102. The van der Waals surface area contributed by atoms with Gasteiger partial charge in [-0.3, -0.25) is 4.79 Å². The van der Waals surface area contributed by atoms with Crippen molar-refractivity contribution in [3.05, 3.63) is 52.4 Å². The zero-order valence-electron chi connectivity index (χ0n) is 10.3. The third-order valence-corrected chi connectivity index (χ3v) is 2.79. The van der Waals surface area contributed by atoms with Gasteiger partial charge in [-0.1, -0.05) is 11.6 Å². The van der Waals surface area contributed by atoms with Crippen LogP contribution in [0.2, 0.25) is 5.02 Å². The number of aromatic nitrogens is 1. The summed E-state index contributed by atoms with van der Waals surface area (Å²) >= 11 is 5.79. The van der Waals surface area contributed by atoms with Crippen molar-refractivity contribution < 1.29 is 18.0 Å². The highest BCUT2D eigenvalue weighted by molar-refractivity contribution is 6.33. The van der Waals surface area contributed by atoms with E-state index < -0.39 is 29.0 Å². The number of anilines is 2. The predicted molar refractivity (Wildman–Crippen MR) is 71.3 cm³/mol. The number of carbonyl (C=O) groups is 1. The molecule has 0 saturated carbocycles. The van der Waals surface area contributed by atoms with Gasteiger partial charge in [0.05, 0.1) is 16.3 Å². The highest BCUT2D eigenvalue weighted by Gasteiger charge is 2.14. The van der Waals surface area contributed by atoms with Gasteiger partial charge in [0, 0.05) is 18.3 Å². The van der Waals surface area contributed by atoms with Crippen LogP contribution in [0.3, 0.4) is 0 Å². The summed E-state index contributed by atoms with van der Waals surface area (Å²) in [7, 11) is 0. The van der Waals surface area contributed by atoms with E-state index in [1.807, 2.05) is 0 Å². The third kappa shape index (κ3) is 3.23. The number of nitrogens with zero attached hydrogens (tertiary/aromatic N) is 1. The molecule has 2 aromatic rings. The van der Waals surface area contributed by atoms with E-state index in [9.17, 15) is 18.0 Å². The van der Waals surface area contributed by atoms with Crippen LogP contribution in [0.1, 0.15) is 10.4 Å². The van der Waals surface area contributed by atoms with Crippen molar-refractivity contribution in [1.82, 2.24) is 4.98 Å². The summed E-state index contributed by atoms with van der Waals surface area (Å²) < 4.78 is 39.2. The van der Waals surface area contributed by atoms with Crippen molar-refractivity contribution in [2.45, 2.75) is 0 Å². The fraction of sp³-hybridized carbons (Fsp3) is 0. The lowest BCUT2D eigenvalue weighted by Gasteiger charge is -2.08. The maximum Gasteiger partial charge on any atom is 0.257 e. The molecular weight excluding hydrogens is 309 g/mol. The molecule has 4 N–H and O–H groups in total. The molecule has 1 heterocycles. The number of hydrogen-bond acceptors (Lipinski definition) is 4. The Morgan fingerprint density at radius 1 is 1.14 bits per heavy atom. The average molecular weight is 317 g/mol. The third-order valence-electron chi connectivity index (χ3n) is 2.50. The molecule has 5 nitrogen and oxygen atoms in total. The van der Waals surface area contributed by atoms with Gasteiger partial charge in [-0.05, 0) is 6.07 Å². The standard InChI is InChI=1S/C12H8ClF3N4O/c13-6-1-5(4-18-11(6)20-17)12(21)19-10-3-8(15)7(14)2-9(10)16/h1-4H,17H2,(H,18,20)(H,19,21). The number of amides is 1. The second-order valence-electron chi connectivity index (χ2n) is 3.90. The second-order valence-corrected chi connectivity index (χ2v) is 4.31. The first kappa shape index (κ1) is 15.1. The minimum absolute atomic E-state index is 0.0110. The highest BCUT2D eigenvalue weighted by atomic mass is 35.5. The van der Waals surface area contributed by atoms with E-state index in [2.05, 4.69) is 15.7 Å². The molecule has 0 saturated heterocycles. The molecule has 2 rings (SSSR count). The fourth-order valence-corrected chi connectivity index (χ4v) is 1.70. The van der Waals surface area contributed by atoms with Crippen LogP contribution in [-0.2, 0) is 0 Å². The van der Waals surface area contributed by atoms with Crippen LogP contribution >= 0.6 is 11.6 Å². The molecule has 0 bridgehead atoms. The number of rotatable bonds is 3. The zero-order chi connectivity index (χ0) is 15.6. The van der Waals surface area contributed by atoms with Crippen molar-refractivity contribution in [1.29, 1.82) is 0 Å². The lowest BCUT2D eigenvalue weighted by Crippen LogP contribution is -2.15. The minimum atomic E-state index is -1.35. The van der Waals surface area contributed by atoms with Crippen LogP contribution in [0.25, 0.3) is 0 Å². The quantitative estimate of drug-likeness (QED) is 0.462. The van der Waals surface area contributed by atoms with Crippen molar-refractivity contribution in [2.24, 2.45) is 5.84 Å². The number of nitrogen functional groups attached to an aromatic ring is 1. The smallest absolute Gasteiger partial charge is 0.257 e. The Morgan fingerprint density at radius 2 is 1.81 bits per heavy atom. The first-order valence-corrected chi connectivity index (χ1v) is 5.88. The summed E-state index contributed by atoms with van der Waals surface area (Å²) in [6, 6.07) is 2.10. The van der Waals surface area contributed by atoms with E-state index in [0.29, 0.717) is 12.1 Å². The van der Waals surface area contributed by atoms with Crippen molar-refractivity contribution >= 4 is 29.0 Å². The van der Waals surface area contributed by atoms with Gasteiger partial charge in [-0.25, -0.2) is 24.0 Å². The van der Waals surface area contributed by atoms with E-state index in [0.717, 1.165) is 6.20 Å². The molecule has 0 aliphatic carbocycles. The van der Waals surface area contributed by atoms with Crippen LogP contribution in [-0.4, -0.2) is 10.9 Å². The van der Waals surface area contributed by atoms with Gasteiger partial charge in [0.1, 0.15) is 5.82 Å². The zero-order valence-corrected chi connectivity index (χ0v) is 11.0. The highest BCUT2D eigenvalue weighted by Crippen LogP contribution is 2.22. The van der Waals surface area contributed by atoms with Gasteiger partial charge < -0.3 is 10.7 Å². The number of pyridine rings is 1.